The van der Waals surface area contributed by atoms with E-state index < -0.39 is 0 Å². The number of nitrogens with zero attached hydrogens (tertiary/aromatic N) is 5. The van der Waals surface area contributed by atoms with Crippen LogP contribution in [0, 0.1) is 20.8 Å². The van der Waals surface area contributed by atoms with E-state index in [9.17, 15) is 0 Å². The van der Waals surface area contributed by atoms with Crippen LogP contribution in [0.1, 0.15) is 28.9 Å². The molecule has 132 valence electrons. The number of rotatable bonds is 7. The van der Waals surface area contributed by atoms with E-state index in [1.807, 2.05) is 17.8 Å². The summed E-state index contributed by atoms with van der Waals surface area (Å²) < 4.78 is 4.04. The summed E-state index contributed by atoms with van der Waals surface area (Å²) in [5.74, 6) is 0. The summed E-state index contributed by atoms with van der Waals surface area (Å²) in [4.78, 5) is 2.34. The van der Waals surface area contributed by atoms with Crippen molar-refractivity contribution in [3.63, 3.8) is 0 Å². The molecule has 3 aromatic rings. The molecule has 0 amide bonds. The number of aromatic nitrogens is 4. The number of hydrogen-bond acceptors (Lipinski definition) is 3. The van der Waals surface area contributed by atoms with Crippen molar-refractivity contribution in [3.05, 3.63) is 65.2 Å². The lowest BCUT2D eigenvalue weighted by Gasteiger charge is -2.15. The fourth-order valence-electron chi connectivity index (χ4n) is 3.06. The van der Waals surface area contributed by atoms with Gasteiger partial charge in [0.15, 0.2) is 0 Å². The van der Waals surface area contributed by atoms with Crippen LogP contribution < -0.4 is 0 Å². The van der Waals surface area contributed by atoms with Crippen molar-refractivity contribution in [2.45, 2.75) is 40.3 Å². The van der Waals surface area contributed by atoms with Crippen molar-refractivity contribution in [3.8, 4) is 5.69 Å². The van der Waals surface area contributed by atoms with Gasteiger partial charge in [-0.25, -0.2) is 4.68 Å². The zero-order valence-electron chi connectivity index (χ0n) is 15.6. The summed E-state index contributed by atoms with van der Waals surface area (Å²) in [6, 6.07) is 10.6. The van der Waals surface area contributed by atoms with E-state index in [0.29, 0.717) is 0 Å². The topological polar surface area (TPSA) is 38.9 Å². The minimum absolute atomic E-state index is 0.906. The lowest BCUT2D eigenvalue weighted by molar-refractivity contribution is 0.310. The molecule has 3 rings (SSSR count). The Morgan fingerprint density at radius 2 is 1.84 bits per heavy atom. The van der Waals surface area contributed by atoms with E-state index in [1.54, 1.807) is 0 Å². The van der Waals surface area contributed by atoms with Gasteiger partial charge in [-0.2, -0.15) is 10.2 Å². The van der Waals surface area contributed by atoms with E-state index in [-0.39, 0.29) is 0 Å². The quantitative estimate of drug-likeness (QED) is 0.662. The zero-order valence-corrected chi connectivity index (χ0v) is 15.6. The Hall–Kier alpha value is -2.40. The first-order chi connectivity index (χ1) is 12.0. The highest BCUT2D eigenvalue weighted by Crippen LogP contribution is 2.11. The molecule has 0 spiro atoms. The largest absolute Gasteiger partial charge is 0.302 e. The van der Waals surface area contributed by atoms with Gasteiger partial charge in [-0.1, -0.05) is 17.7 Å². The molecule has 0 fully saturated rings. The van der Waals surface area contributed by atoms with Crippen molar-refractivity contribution in [1.82, 2.24) is 24.5 Å². The van der Waals surface area contributed by atoms with E-state index in [4.69, 9.17) is 0 Å². The van der Waals surface area contributed by atoms with Crippen molar-refractivity contribution in [2.24, 2.45) is 0 Å². The highest BCUT2D eigenvalue weighted by atomic mass is 15.3. The molecule has 0 atom stereocenters. The molecule has 2 heterocycles. The van der Waals surface area contributed by atoms with Gasteiger partial charge >= 0.3 is 0 Å². The molecule has 5 heteroatoms. The van der Waals surface area contributed by atoms with E-state index in [1.165, 1.54) is 16.8 Å². The second-order valence-corrected chi connectivity index (χ2v) is 6.87. The lowest BCUT2D eigenvalue weighted by atomic mass is 10.2. The first-order valence-corrected chi connectivity index (χ1v) is 8.81. The maximum atomic E-state index is 4.52. The van der Waals surface area contributed by atoms with Gasteiger partial charge in [0.1, 0.15) is 0 Å². The van der Waals surface area contributed by atoms with E-state index >= 15 is 0 Å². The van der Waals surface area contributed by atoms with Crippen molar-refractivity contribution in [2.75, 3.05) is 13.6 Å². The third-order valence-corrected chi connectivity index (χ3v) is 4.40. The van der Waals surface area contributed by atoms with Gasteiger partial charge in [0.2, 0.25) is 0 Å². The summed E-state index contributed by atoms with van der Waals surface area (Å²) in [6.07, 6.45) is 5.16. The first kappa shape index (κ1) is 17.4. The maximum Gasteiger partial charge on any atom is 0.0645 e. The Balaban J connectivity index is 1.50. The molecule has 0 aliphatic rings. The Kier molecular flexibility index (Phi) is 5.34. The second kappa shape index (κ2) is 7.66. The summed E-state index contributed by atoms with van der Waals surface area (Å²) in [6.45, 7) is 9.16. The van der Waals surface area contributed by atoms with Crippen LogP contribution in [-0.4, -0.2) is 38.1 Å². The summed E-state index contributed by atoms with van der Waals surface area (Å²) in [7, 11) is 2.16. The van der Waals surface area contributed by atoms with Crippen LogP contribution in [0.4, 0.5) is 0 Å². The standard InChI is InChI=1S/C20H27N5/c1-16-6-8-20(9-7-16)25-15-19(13-21-25)14-23(4)10-5-11-24-18(3)12-17(2)22-24/h6-9,12-13,15H,5,10-11,14H2,1-4H3. The minimum Gasteiger partial charge on any atom is -0.302 e. The molecule has 0 bridgehead atoms. The predicted molar refractivity (Wildman–Crippen MR) is 101 cm³/mol. The summed E-state index contributed by atoms with van der Waals surface area (Å²) in [5.41, 5.74) is 5.92. The van der Waals surface area contributed by atoms with Crippen LogP contribution in [0.15, 0.2) is 42.7 Å². The smallest absolute Gasteiger partial charge is 0.0645 e. The molecule has 2 aromatic heterocycles. The zero-order chi connectivity index (χ0) is 17.8. The molecule has 1 aromatic carbocycles. The Morgan fingerprint density at radius 3 is 2.52 bits per heavy atom. The number of benzene rings is 1. The highest BCUT2D eigenvalue weighted by molar-refractivity contribution is 5.33. The van der Waals surface area contributed by atoms with Gasteiger partial charge in [0.25, 0.3) is 0 Å². The van der Waals surface area contributed by atoms with Gasteiger partial charge < -0.3 is 4.90 Å². The van der Waals surface area contributed by atoms with Gasteiger partial charge in [0, 0.05) is 30.5 Å². The van der Waals surface area contributed by atoms with E-state index in [0.717, 1.165) is 37.4 Å². The lowest BCUT2D eigenvalue weighted by Crippen LogP contribution is -2.20. The van der Waals surface area contributed by atoms with Crippen LogP contribution in [-0.2, 0) is 13.1 Å². The normalized spacial score (nSPS) is 11.4. The maximum absolute atomic E-state index is 4.52. The third kappa shape index (κ3) is 4.57. The Morgan fingerprint density at radius 1 is 1.08 bits per heavy atom. The van der Waals surface area contributed by atoms with E-state index in [2.05, 4.69) is 77.2 Å². The minimum atomic E-state index is 0.906. The molecule has 0 aliphatic heterocycles. The Labute approximate surface area is 149 Å². The van der Waals surface area contributed by atoms with Crippen LogP contribution in [0.5, 0.6) is 0 Å². The monoisotopic (exact) mass is 337 g/mol. The van der Waals surface area contributed by atoms with Gasteiger partial charge in [-0.05, 0) is 59.0 Å². The molecule has 25 heavy (non-hydrogen) atoms. The SMILES string of the molecule is Cc1ccc(-n2cc(CN(C)CCCn3nc(C)cc3C)cn2)cc1. The predicted octanol–water partition coefficient (Wildman–Crippen LogP) is 3.52. The van der Waals surface area contributed by atoms with Crippen LogP contribution in [0.2, 0.25) is 0 Å². The summed E-state index contributed by atoms with van der Waals surface area (Å²) >= 11 is 0. The molecule has 5 nitrogen and oxygen atoms in total. The average Bonchev–Trinajstić information content (AvgIpc) is 3.15. The fourth-order valence-corrected chi connectivity index (χ4v) is 3.06. The molecular weight excluding hydrogens is 310 g/mol. The van der Waals surface area contributed by atoms with Gasteiger partial charge in [-0.3, -0.25) is 4.68 Å². The fraction of sp³-hybridized carbons (Fsp3) is 0.400. The summed E-state index contributed by atoms with van der Waals surface area (Å²) in [5, 5.41) is 9.01. The molecule has 0 saturated carbocycles. The van der Waals surface area contributed by atoms with Crippen LogP contribution >= 0.6 is 0 Å². The molecule has 0 aliphatic carbocycles. The second-order valence-electron chi connectivity index (χ2n) is 6.87. The molecule has 0 radical (unpaired) electrons. The molecule has 0 N–H and O–H groups in total. The van der Waals surface area contributed by atoms with Crippen molar-refractivity contribution in [1.29, 1.82) is 0 Å². The van der Waals surface area contributed by atoms with Gasteiger partial charge in [0.05, 0.1) is 17.6 Å². The first-order valence-electron chi connectivity index (χ1n) is 8.81. The number of hydrogen-bond donors (Lipinski definition) is 0. The van der Waals surface area contributed by atoms with Crippen molar-refractivity contribution >= 4 is 0 Å². The average molecular weight is 337 g/mol. The molecule has 0 saturated heterocycles. The Bertz CT molecular complexity index is 813. The van der Waals surface area contributed by atoms with Crippen LogP contribution in [0.3, 0.4) is 0 Å². The third-order valence-electron chi connectivity index (χ3n) is 4.40. The number of aryl methyl sites for hydroxylation is 4. The molecular formula is C20H27N5. The highest BCUT2D eigenvalue weighted by Gasteiger charge is 2.06. The van der Waals surface area contributed by atoms with Gasteiger partial charge in [-0.15, -0.1) is 0 Å². The molecule has 0 unspecified atom stereocenters. The van der Waals surface area contributed by atoms with Crippen LogP contribution in [0.25, 0.3) is 5.69 Å². The van der Waals surface area contributed by atoms with Crippen molar-refractivity contribution < 1.29 is 0 Å².